The molecule has 0 saturated heterocycles. The van der Waals surface area contributed by atoms with Crippen LogP contribution in [0.1, 0.15) is 47.0 Å². The highest BCUT2D eigenvalue weighted by Gasteiger charge is 2.27. The lowest BCUT2D eigenvalue weighted by atomic mass is 9.95. The fourth-order valence-electron chi connectivity index (χ4n) is 0.960. The third-order valence-electron chi connectivity index (χ3n) is 2.23. The van der Waals surface area contributed by atoms with Gasteiger partial charge in [-0.2, -0.15) is 0 Å². The van der Waals surface area contributed by atoms with Gasteiger partial charge in [-0.15, -0.1) is 0 Å². The van der Waals surface area contributed by atoms with E-state index in [0.29, 0.717) is 5.78 Å². The first-order chi connectivity index (χ1) is 7.90. The molecule has 0 saturated carbocycles. The van der Waals surface area contributed by atoms with Gasteiger partial charge in [-0.05, 0) is 19.4 Å². The largest absolute Gasteiger partial charge is 0.458 e. The van der Waals surface area contributed by atoms with Crippen molar-refractivity contribution in [1.82, 2.24) is 0 Å². The van der Waals surface area contributed by atoms with E-state index in [2.05, 4.69) is 6.92 Å². The summed E-state index contributed by atoms with van der Waals surface area (Å²) < 4.78 is 10.1. The lowest BCUT2D eigenvalue weighted by Crippen LogP contribution is -2.21. The summed E-state index contributed by atoms with van der Waals surface area (Å²) in [6.45, 7) is 7.72. The van der Waals surface area contributed by atoms with Crippen LogP contribution in [0.3, 0.4) is 0 Å². The average molecular weight is 281 g/mol. The number of carbonyl (C=O) groups excluding carboxylic acids is 1. The first-order valence-electron chi connectivity index (χ1n) is 5.77. The molecule has 1 aliphatic rings. The number of unbranched alkanes of at least 4 members (excludes halogenated alkanes) is 1. The van der Waals surface area contributed by atoms with Gasteiger partial charge in [0.25, 0.3) is 0 Å². The average Bonchev–Trinajstić information content (AvgIpc) is 2.39. The highest BCUT2D eigenvalue weighted by Crippen LogP contribution is 2.36. The predicted molar refractivity (Wildman–Crippen MR) is 73.3 cm³/mol. The van der Waals surface area contributed by atoms with Crippen molar-refractivity contribution in [3.05, 3.63) is 12.3 Å². The summed E-state index contributed by atoms with van der Waals surface area (Å²) >= 11 is 5.87. The Kier molecular flexibility index (Phi) is 8.85. The van der Waals surface area contributed by atoms with Crippen molar-refractivity contribution in [2.24, 2.45) is 5.41 Å². The molecule has 1 heterocycles. The molecular weight excluding hydrogens is 259 g/mol. The molecule has 0 bridgehead atoms. The Balaban J connectivity index is 0.000000325. The molecule has 2 unspecified atom stereocenters. The Morgan fingerprint density at radius 2 is 2.18 bits per heavy atom. The molecule has 0 amide bonds. The third-order valence-corrected chi connectivity index (χ3v) is 3.60. The Hall–Kier alpha value is -0.110. The van der Waals surface area contributed by atoms with Gasteiger partial charge >= 0.3 is 0 Å². The van der Waals surface area contributed by atoms with E-state index in [9.17, 15) is 4.79 Å². The van der Waals surface area contributed by atoms with E-state index in [1.54, 1.807) is 13.2 Å². The van der Waals surface area contributed by atoms with E-state index in [4.69, 9.17) is 20.6 Å². The standard InChI is InChI=1S/C6H10ClO2P.C6H12O/c1-6(2)3-4-8-10-9-5(6)7;1-3-4-5-6(2)7/h3-5,10H,1-2H3;3-5H2,1-2H3. The number of hydrogen-bond acceptors (Lipinski definition) is 3. The van der Waals surface area contributed by atoms with Crippen molar-refractivity contribution >= 4 is 26.4 Å². The summed E-state index contributed by atoms with van der Waals surface area (Å²) in [7, 11) is 0.0231. The number of ketones is 1. The van der Waals surface area contributed by atoms with Crippen LogP contribution in [0.15, 0.2) is 12.3 Å². The topological polar surface area (TPSA) is 35.5 Å². The van der Waals surface area contributed by atoms with Gasteiger partial charge in [0.1, 0.15) is 11.3 Å². The van der Waals surface area contributed by atoms with Gasteiger partial charge in [0.05, 0.1) is 6.26 Å². The maximum Gasteiger partial charge on any atom is 0.215 e. The van der Waals surface area contributed by atoms with Crippen LogP contribution in [-0.2, 0) is 13.8 Å². The van der Waals surface area contributed by atoms with E-state index in [1.165, 1.54) is 0 Å². The molecule has 17 heavy (non-hydrogen) atoms. The van der Waals surface area contributed by atoms with Gasteiger partial charge in [0.2, 0.25) is 9.03 Å². The van der Waals surface area contributed by atoms with Crippen LogP contribution in [0.2, 0.25) is 0 Å². The monoisotopic (exact) mass is 280 g/mol. The quantitative estimate of drug-likeness (QED) is 0.567. The van der Waals surface area contributed by atoms with Crippen molar-refractivity contribution < 1.29 is 13.8 Å². The predicted octanol–water partition coefficient (Wildman–Crippen LogP) is 4.41. The Morgan fingerprint density at radius 3 is 2.65 bits per heavy atom. The Bertz CT molecular complexity index is 254. The van der Waals surface area contributed by atoms with Crippen LogP contribution in [0.4, 0.5) is 0 Å². The van der Waals surface area contributed by atoms with Gasteiger partial charge in [-0.25, -0.2) is 0 Å². The zero-order chi connectivity index (χ0) is 13.3. The highest BCUT2D eigenvalue weighted by atomic mass is 35.5. The third kappa shape index (κ3) is 8.59. The van der Waals surface area contributed by atoms with Gasteiger partial charge in [-0.3, -0.25) is 0 Å². The molecular formula is C12H22ClO3P. The van der Waals surface area contributed by atoms with E-state index >= 15 is 0 Å². The SMILES string of the molecule is CC1(C)C=COPOC1Cl.CCCCC(C)=O. The summed E-state index contributed by atoms with van der Waals surface area (Å²) in [5, 5.41) is 0. The molecule has 1 aliphatic heterocycles. The van der Waals surface area contributed by atoms with Crippen molar-refractivity contribution in [3.63, 3.8) is 0 Å². The van der Waals surface area contributed by atoms with E-state index in [-0.39, 0.29) is 20.0 Å². The summed E-state index contributed by atoms with van der Waals surface area (Å²) in [5.74, 6) is 0.307. The van der Waals surface area contributed by atoms with Crippen molar-refractivity contribution in [1.29, 1.82) is 0 Å². The number of hydrogen-bond donors (Lipinski definition) is 0. The van der Waals surface area contributed by atoms with E-state index in [1.807, 2.05) is 19.9 Å². The lowest BCUT2D eigenvalue weighted by Gasteiger charge is -2.22. The highest BCUT2D eigenvalue weighted by molar-refractivity contribution is 7.26. The maximum atomic E-state index is 10.2. The molecule has 0 radical (unpaired) electrons. The van der Waals surface area contributed by atoms with Crippen LogP contribution in [0.5, 0.6) is 0 Å². The molecule has 100 valence electrons. The number of halogens is 1. The lowest BCUT2D eigenvalue weighted by molar-refractivity contribution is -0.117. The second kappa shape index (κ2) is 8.91. The number of Topliss-reactive ketones (excluding diaryl/α,β-unsaturated/α-hetero) is 1. The molecule has 3 nitrogen and oxygen atoms in total. The Morgan fingerprint density at radius 1 is 1.53 bits per heavy atom. The molecule has 0 N–H and O–H groups in total. The zero-order valence-corrected chi connectivity index (χ0v) is 12.7. The van der Waals surface area contributed by atoms with E-state index < -0.39 is 0 Å². The van der Waals surface area contributed by atoms with Crippen molar-refractivity contribution in [3.8, 4) is 0 Å². The molecule has 0 fully saturated rings. The number of alkyl halides is 1. The minimum atomic E-state index is -0.287. The van der Waals surface area contributed by atoms with Crippen LogP contribution in [-0.4, -0.2) is 11.3 Å². The normalized spacial score (nSPS) is 23.2. The van der Waals surface area contributed by atoms with Gasteiger partial charge in [0.15, 0.2) is 0 Å². The fraction of sp³-hybridized carbons (Fsp3) is 0.750. The molecule has 0 aromatic rings. The molecule has 0 spiro atoms. The van der Waals surface area contributed by atoms with Gasteiger partial charge < -0.3 is 13.8 Å². The minimum absolute atomic E-state index is 0.0231. The van der Waals surface area contributed by atoms with Crippen LogP contribution >= 0.6 is 20.6 Å². The van der Waals surface area contributed by atoms with Crippen LogP contribution in [0, 0.1) is 5.41 Å². The van der Waals surface area contributed by atoms with E-state index in [0.717, 1.165) is 19.3 Å². The number of rotatable bonds is 3. The molecule has 0 aromatic heterocycles. The van der Waals surface area contributed by atoms with Crippen molar-refractivity contribution in [2.45, 2.75) is 52.5 Å². The van der Waals surface area contributed by atoms with Crippen LogP contribution < -0.4 is 0 Å². The molecule has 0 aromatic carbocycles. The smallest absolute Gasteiger partial charge is 0.215 e. The van der Waals surface area contributed by atoms with Crippen molar-refractivity contribution in [2.75, 3.05) is 0 Å². The first-order valence-corrected chi connectivity index (χ1v) is 7.03. The second-order valence-electron chi connectivity index (χ2n) is 4.56. The second-order valence-corrected chi connectivity index (χ2v) is 5.60. The Labute approximate surface area is 111 Å². The molecule has 2 atom stereocenters. The summed E-state index contributed by atoms with van der Waals surface area (Å²) in [6, 6.07) is 0. The molecule has 1 rings (SSSR count). The minimum Gasteiger partial charge on any atom is -0.458 e. The molecule has 5 heteroatoms. The first kappa shape index (κ1) is 16.9. The number of carbonyl (C=O) groups is 1. The summed E-state index contributed by atoms with van der Waals surface area (Å²) in [6.07, 6.45) is 6.48. The van der Waals surface area contributed by atoms with Gasteiger partial charge in [0, 0.05) is 11.8 Å². The van der Waals surface area contributed by atoms with Gasteiger partial charge in [-0.1, -0.05) is 38.8 Å². The molecule has 0 aliphatic carbocycles. The maximum absolute atomic E-state index is 10.2. The fourth-order valence-corrected chi connectivity index (χ4v) is 1.71. The summed E-state index contributed by atoms with van der Waals surface area (Å²) in [5.41, 5.74) is -0.421. The summed E-state index contributed by atoms with van der Waals surface area (Å²) in [4.78, 5) is 10.2. The zero-order valence-electron chi connectivity index (χ0n) is 11.0. The van der Waals surface area contributed by atoms with Crippen LogP contribution in [0.25, 0.3) is 0 Å².